The fourth-order valence-corrected chi connectivity index (χ4v) is 0.444. The second-order valence-corrected chi connectivity index (χ2v) is 2.46. The number of nitrogens with zero attached hydrogens (tertiary/aromatic N) is 1. The van der Waals surface area contributed by atoms with E-state index in [-0.39, 0.29) is 0 Å². The molecule has 0 aromatic carbocycles. The molecule has 0 rings (SSSR count). The lowest BCUT2D eigenvalue weighted by molar-refractivity contribution is 0.0299. The Balaban J connectivity index is 2.75. The Kier molecular flexibility index (Phi) is 5.99. The topological polar surface area (TPSA) is 23.3 Å². The van der Waals surface area contributed by atoms with Crippen molar-refractivity contribution in [3.8, 4) is 0 Å². The molecule has 0 saturated carbocycles. The molecule has 0 N–H and O–H groups in total. The predicted molar refractivity (Wildman–Crippen MR) is 38.1 cm³/mol. The van der Waals surface area contributed by atoms with Crippen molar-refractivity contribution in [3.05, 3.63) is 0 Å². The second kappa shape index (κ2) is 6.05. The first-order chi connectivity index (χ1) is 4.27. The largest absolute Gasteiger partial charge is 0.282 e. The van der Waals surface area contributed by atoms with Gasteiger partial charge in [-0.1, -0.05) is 19.3 Å². The van der Waals surface area contributed by atoms with Crippen LogP contribution in [-0.2, 0) is 4.84 Å². The van der Waals surface area contributed by atoms with E-state index in [0.29, 0.717) is 0 Å². The van der Waals surface area contributed by atoms with Gasteiger partial charge in [0, 0.05) is 6.54 Å². The maximum absolute atomic E-state index is 4.92. The average Bonchev–Trinajstić information content (AvgIpc) is 1.80. The van der Waals surface area contributed by atoms with Gasteiger partial charge >= 0.3 is 0 Å². The Hall–Kier alpha value is -0.0800. The molecule has 1 radical (unpaired) electrons. The van der Waals surface area contributed by atoms with Gasteiger partial charge in [-0.2, -0.15) is 0 Å². The molecular formula is C7H16NO. The number of hydrogen-bond acceptors (Lipinski definition) is 1. The van der Waals surface area contributed by atoms with Crippen LogP contribution in [0.15, 0.2) is 0 Å². The summed E-state index contributed by atoms with van der Waals surface area (Å²) in [4.78, 5) is 4.92. The summed E-state index contributed by atoms with van der Waals surface area (Å²) >= 11 is 0. The Labute approximate surface area is 57.5 Å². The SMILES string of the molecule is CC[N]OCCC(C)C. The first kappa shape index (κ1) is 8.92. The summed E-state index contributed by atoms with van der Waals surface area (Å²) in [6.07, 6.45) is 1.10. The van der Waals surface area contributed by atoms with Crippen molar-refractivity contribution in [2.45, 2.75) is 27.2 Å². The smallest absolute Gasteiger partial charge is 0.0705 e. The fraction of sp³-hybridized carbons (Fsp3) is 1.00. The summed E-state index contributed by atoms with van der Waals surface area (Å²) in [5.41, 5.74) is 3.74. The van der Waals surface area contributed by atoms with Crippen LogP contribution in [0.4, 0.5) is 0 Å². The van der Waals surface area contributed by atoms with Gasteiger partial charge in [0.2, 0.25) is 0 Å². The first-order valence-electron chi connectivity index (χ1n) is 3.56. The van der Waals surface area contributed by atoms with Gasteiger partial charge in [0.15, 0.2) is 0 Å². The summed E-state index contributed by atoms with van der Waals surface area (Å²) in [6, 6.07) is 0. The van der Waals surface area contributed by atoms with Crippen LogP contribution in [0.1, 0.15) is 27.2 Å². The molecule has 0 aliphatic heterocycles. The summed E-state index contributed by atoms with van der Waals surface area (Å²) in [7, 11) is 0. The minimum absolute atomic E-state index is 0.719. The van der Waals surface area contributed by atoms with E-state index in [4.69, 9.17) is 4.84 Å². The van der Waals surface area contributed by atoms with Crippen molar-refractivity contribution in [2.24, 2.45) is 5.92 Å². The third-order valence-corrected chi connectivity index (χ3v) is 1.01. The minimum Gasteiger partial charge on any atom is -0.282 e. The second-order valence-electron chi connectivity index (χ2n) is 2.46. The summed E-state index contributed by atoms with van der Waals surface area (Å²) < 4.78 is 0. The lowest BCUT2D eigenvalue weighted by atomic mass is 10.1. The van der Waals surface area contributed by atoms with Crippen LogP contribution in [0.5, 0.6) is 0 Å². The maximum Gasteiger partial charge on any atom is 0.0705 e. The van der Waals surface area contributed by atoms with E-state index < -0.39 is 0 Å². The predicted octanol–water partition coefficient (Wildman–Crippen LogP) is 1.59. The van der Waals surface area contributed by atoms with Gasteiger partial charge in [0.05, 0.1) is 6.61 Å². The van der Waals surface area contributed by atoms with Gasteiger partial charge in [-0.15, -0.1) is 0 Å². The molecule has 55 valence electrons. The summed E-state index contributed by atoms with van der Waals surface area (Å²) in [5.74, 6) is 0.719. The van der Waals surface area contributed by atoms with Crippen molar-refractivity contribution in [3.63, 3.8) is 0 Å². The van der Waals surface area contributed by atoms with Crippen LogP contribution in [0, 0.1) is 5.92 Å². The highest BCUT2D eigenvalue weighted by Crippen LogP contribution is 1.97. The van der Waals surface area contributed by atoms with Gasteiger partial charge in [0.25, 0.3) is 0 Å². The van der Waals surface area contributed by atoms with E-state index in [0.717, 1.165) is 25.5 Å². The van der Waals surface area contributed by atoms with Crippen LogP contribution >= 0.6 is 0 Å². The highest BCUT2D eigenvalue weighted by atomic mass is 16.6. The van der Waals surface area contributed by atoms with Crippen molar-refractivity contribution in [1.82, 2.24) is 5.48 Å². The monoisotopic (exact) mass is 130 g/mol. The third-order valence-electron chi connectivity index (χ3n) is 1.01. The molecule has 0 aromatic heterocycles. The van der Waals surface area contributed by atoms with Crippen LogP contribution in [0.3, 0.4) is 0 Å². The zero-order valence-corrected chi connectivity index (χ0v) is 6.55. The standard InChI is InChI=1S/C7H16NO/c1-4-8-9-6-5-7(2)3/h7H,4-6H2,1-3H3. The normalized spacial score (nSPS) is 10.7. The third kappa shape index (κ3) is 7.92. The lowest BCUT2D eigenvalue weighted by Crippen LogP contribution is -2.07. The maximum atomic E-state index is 4.92. The number of rotatable bonds is 5. The highest BCUT2D eigenvalue weighted by molar-refractivity contribution is 4.40. The van der Waals surface area contributed by atoms with Crippen LogP contribution in [0.25, 0.3) is 0 Å². The van der Waals surface area contributed by atoms with Gasteiger partial charge in [-0.25, -0.2) is 0 Å². The van der Waals surface area contributed by atoms with E-state index >= 15 is 0 Å². The van der Waals surface area contributed by atoms with Crippen LogP contribution < -0.4 is 5.48 Å². The molecule has 2 nitrogen and oxygen atoms in total. The molecule has 2 heteroatoms. The Morgan fingerprint density at radius 1 is 1.44 bits per heavy atom. The molecule has 0 aliphatic carbocycles. The first-order valence-corrected chi connectivity index (χ1v) is 3.56. The molecule has 0 amide bonds. The molecule has 0 aliphatic rings. The van der Waals surface area contributed by atoms with E-state index in [1.807, 2.05) is 6.92 Å². The Morgan fingerprint density at radius 2 is 2.11 bits per heavy atom. The quantitative estimate of drug-likeness (QED) is 0.409. The summed E-state index contributed by atoms with van der Waals surface area (Å²) in [5, 5.41) is 0. The Morgan fingerprint density at radius 3 is 2.56 bits per heavy atom. The van der Waals surface area contributed by atoms with Gasteiger partial charge in [0.1, 0.15) is 0 Å². The molecule has 0 heterocycles. The fourth-order valence-electron chi connectivity index (χ4n) is 0.444. The Bertz CT molecular complexity index is 54.9. The van der Waals surface area contributed by atoms with Crippen LogP contribution in [-0.4, -0.2) is 13.2 Å². The molecular weight excluding hydrogens is 114 g/mol. The van der Waals surface area contributed by atoms with Gasteiger partial charge in [-0.3, -0.25) is 4.84 Å². The van der Waals surface area contributed by atoms with Gasteiger partial charge < -0.3 is 0 Å². The van der Waals surface area contributed by atoms with E-state index in [2.05, 4.69) is 19.3 Å². The molecule has 9 heavy (non-hydrogen) atoms. The molecule has 0 fully saturated rings. The van der Waals surface area contributed by atoms with Gasteiger partial charge in [-0.05, 0) is 19.3 Å². The molecule has 0 bridgehead atoms. The van der Waals surface area contributed by atoms with E-state index in [1.54, 1.807) is 0 Å². The minimum atomic E-state index is 0.719. The van der Waals surface area contributed by atoms with E-state index in [9.17, 15) is 0 Å². The molecule has 0 spiro atoms. The lowest BCUT2D eigenvalue weighted by Gasteiger charge is -2.02. The average molecular weight is 130 g/mol. The molecule has 0 saturated heterocycles. The molecule has 0 unspecified atom stereocenters. The van der Waals surface area contributed by atoms with Crippen molar-refractivity contribution >= 4 is 0 Å². The molecule has 0 aromatic rings. The number of hydrogen-bond donors (Lipinski definition) is 0. The number of hydroxylamine groups is 1. The van der Waals surface area contributed by atoms with E-state index in [1.165, 1.54) is 0 Å². The highest BCUT2D eigenvalue weighted by Gasteiger charge is 1.92. The zero-order chi connectivity index (χ0) is 7.11. The molecule has 0 atom stereocenters. The van der Waals surface area contributed by atoms with Crippen molar-refractivity contribution in [1.29, 1.82) is 0 Å². The van der Waals surface area contributed by atoms with Crippen molar-refractivity contribution < 1.29 is 4.84 Å². The summed E-state index contributed by atoms with van der Waals surface area (Å²) in [6.45, 7) is 7.85. The van der Waals surface area contributed by atoms with Crippen molar-refractivity contribution in [2.75, 3.05) is 13.2 Å². The zero-order valence-electron chi connectivity index (χ0n) is 6.55. The van der Waals surface area contributed by atoms with Crippen LogP contribution in [0.2, 0.25) is 0 Å².